The second-order valence-electron chi connectivity index (χ2n) is 3.71. The van der Waals surface area contributed by atoms with Crippen LogP contribution in [-0.2, 0) is 4.74 Å². The normalized spacial score (nSPS) is 10.3. The SMILES string of the molecule is COC(=O)c1ccc(C(=O)/C=C/N(C)C)cc1. The van der Waals surface area contributed by atoms with Gasteiger partial charge in [0.1, 0.15) is 0 Å². The van der Waals surface area contributed by atoms with Crippen LogP contribution in [0.25, 0.3) is 0 Å². The van der Waals surface area contributed by atoms with E-state index in [9.17, 15) is 9.59 Å². The standard InChI is InChI=1S/C13H15NO3/c1-14(2)9-8-12(15)10-4-6-11(7-5-10)13(16)17-3/h4-9H,1-3H3/b9-8+. The lowest BCUT2D eigenvalue weighted by Gasteiger charge is -2.03. The van der Waals surface area contributed by atoms with Crippen LogP contribution in [0, 0.1) is 0 Å². The van der Waals surface area contributed by atoms with E-state index in [2.05, 4.69) is 4.74 Å². The van der Waals surface area contributed by atoms with Crippen LogP contribution < -0.4 is 0 Å². The van der Waals surface area contributed by atoms with E-state index in [1.165, 1.54) is 13.2 Å². The molecule has 0 heterocycles. The van der Waals surface area contributed by atoms with E-state index in [-0.39, 0.29) is 5.78 Å². The fraction of sp³-hybridized carbons (Fsp3) is 0.231. The smallest absolute Gasteiger partial charge is 0.337 e. The van der Waals surface area contributed by atoms with Gasteiger partial charge in [0.2, 0.25) is 0 Å². The van der Waals surface area contributed by atoms with E-state index in [4.69, 9.17) is 0 Å². The highest BCUT2D eigenvalue weighted by Crippen LogP contribution is 2.07. The molecule has 0 bridgehead atoms. The van der Waals surface area contributed by atoms with Crippen LogP contribution in [0.3, 0.4) is 0 Å². The van der Waals surface area contributed by atoms with Gasteiger partial charge in [-0.05, 0) is 12.1 Å². The van der Waals surface area contributed by atoms with E-state index in [0.717, 1.165) is 0 Å². The number of benzene rings is 1. The Morgan fingerprint density at radius 3 is 2.12 bits per heavy atom. The number of ether oxygens (including phenoxy) is 1. The topological polar surface area (TPSA) is 46.6 Å². The molecule has 0 saturated heterocycles. The third-order valence-corrected chi connectivity index (χ3v) is 2.11. The number of carbonyl (C=O) groups excluding carboxylic acids is 2. The van der Waals surface area contributed by atoms with E-state index < -0.39 is 5.97 Å². The molecule has 0 spiro atoms. The Hall–Kier alpha value is -2.10. The molecule has 0 saturated carbocycles. The number of carbonyl (C=O) groups is 2. The molecule has 1 aromatic rings. The monoisotopic (exact) mass is 233 g/mol. The van der Waals surface area contributed by atoms with E-state index >= 15 is 0 Å². The predicted molar refractivity (Wildman–Crippen MR) is 64.9 cm³/mol. The summed E-state index contributed by atoms with van der Waals surface area (Å²) in [6.45, 7) is 0. The molecule has 0 atom stereocenters. The van der Waals surface area contributed by atoms with Crippen molar-refractivity contribution in [2.24, 2.45) is 0 Å². The van der Waals surface area contributed by atoms with Gasteiger partial charge >= 0.3 is 5.97 Å². The molecule has 0 amide bonds. The summed E-state index contributed by atoms with van der Waals surface area (Å²) in [6.07, 6.45) is 3.16. The molecule has 1 rings (SSSR count). The lowest BCUT2D eigenvalue weighted by Crippen LogP contribution is -2.04. The van der Waals surface area contributed by atoms with Crippen molar-refractivity contribution in [1.29, 1.82) is 0 Å². The zero-order chi connectivity index (χ0) is 12.8. The Bertz CT molecular complexity index is 432. The number of methoxy groups -OCH3 is 1. The number of hydrogen-bond acceptors (Lipinski definition) is 4. The molecule has 0 N–H and O–H groups in total. The van der Waals surface area contributed by atoms with Gasteiger partial charge in [-0.15, -0.1) is 0 Å². The van der Waals surface area contributed by atoms with Crippen molar-refractivity contribution >= 4 is 11.8 Å². The molecule has 0 aliphatic heterocycles. The summed E-state index contributed by atoms with van der Waals surface area (Å²) >= 11 is 0. The van der Waals surface area contributed by atoms with Gasteiger partial charge in [0, 0.05) is 31.9 Å². The third-order valence-electron chi connectivity index (χ3n) is 2.11. The Balaban J connectivity index is 2.81. The molecule has 0 unspecified atom stereocenters. The fourth-order valence-electron chi connectivity index (χ4n) is 1.20. The molecular weight excluding hydrogens is 218 g/mol. The summed E-state index contributed by atoms with van der Waals surface area (Å²) in [6, 6.07) is 6.36. The van der Waals surface area contributed by atoms with Gasteiger partial charge in [-0.3, -0.25) is 4.79 Å². The molecule has 90 valence electrons. The van der Waals surface area contributed by atoms with Gasteiger partial charge in [0.15, 0.2) is 5.78 Å². The Morgan fingerprint density at radius 1 is 1.12 bits per heavy atom. The molecular formula is C13H15NO3. The number of hydrogen-bond donors (Lipinski definition) is 0. The van der Waals surface area contributed by atoms with Crippen LogP contribution >= 0.6 is 0 Å². The van der Waals surface area contributed by atoms with Gasteiger partial charge in [0.05, 0.1) is 12.7 Å². The van der Waals surface area contributed by atoms with Crippen LogP contribution in [0.5, 0.6) is 0 Å². The summed E-state index contributed by atoms with van der Waals surface area (Å²) in [5.41, 5.74) is 0.969. The summed E-state index contributed by atoms with van der Waals surface area (Å²) in [7, 11) is 5.00. The lowest BCUT2D eigenvalue weighted by molar-refractivity contribution is 0.0600. The maximum Gasteiger partial charge on any atom is 0.337 e. The highest BCUT2D eigenvalue weighted by Gasteiger charge is 2.06. The average molecular weight is 233 g/mol. The summed E-state index contributed by atoms with van der Waals surface area (Å²) in [5.74, 6) is -0.511. The van der Waals surface area contributed by atoms with Gasteiger partial charge in [0.25, 0.3) is 0 Å². The highest BCUT2D eigenvalue weighted by molar-refractivity contribution is 6.05. The van der Waals surface area contributed by atoms with E-state index in [1.807, 2.05) is 14.1 Å². The maximum absolute atomic E-state index is 11.7. The quantitative estimate of drug-likeness (QED) is 0.451. The summed E-state index contributed by atoms with van der Waals surface area (Å²) < 4.78 is 4.57. The van der Waals surface area contributed by atoms with Crippen molar-refractivity contribution in [3.8, 4) is 0 Å². The number of nitrogens with zero attached hydrogens (tertiary/aromatic N) is 1. The van der Waals surface area contributed by atoms with E-state index in [0.29, 0.717) is 11.1 Å². The largest absolute Gasteiger partial charge is 0.465 e. The number of allylic oxidation sites excluding steroid dienone is 1. The third kappa shape index (κ3) is 3.75. The zero-order valence-electron chi connectivity index (χ0n) is 10.1. The molecule has 0 aliphatic rings. The minimum atomic E-state index is -0.409. The van der Waals surface area contributed by atoms with Crippen molar-refractivity contribution in [3.05, 3.63) is 47.7 Å². The molecule has 0 aliphatic carbocycles. The minimum absolute atomic E-state index is 0.102. The van der Waals surface area contributed by atoms with Crippen LogP contribution in [0.1, 0.15) is 20.7 Å². The fourth-order valence-corrected chi connectivity index (χ4v) is 1.20. The molecule has 4 heteroatoms. The van der Waals surface area contributed by atoms with Crippen molar-refractivity contribution in [2.45, 2.75) is 0 Å². The van der Waals surface area contributed by atoms with Crippen molar-refractivity contribution in [3.63, 3.8) is 0 Å². The predicted octanol–water partition coefficient (Wildman–Crippen LogP) is 1.73. The number of esters is 1. The van der Waals surface area contributed by atoms with Crippen LogP contribution in [0.15, 0.2) is 36.5 Å². The first-order chi connectivity index (χ1) is 8.04. The first kappa shape index (κ1) is 13.0. The Labute approximate surface area is 100 Å². The number of rotatable bonds is 4. The number of ketones is 1. The van der Waals surface area contributed by atoms with Gasteiger partial charge < -0.3 is 9.64 Å². The average Bonchev–Trinajstić information content (AvgIpc) is 2.35. The second kappa shape index (κ2) is 5.84. The second-order valence-corrected chi connectivity index (χ2v) is 3.71. The van der Waals surface area contributed by atoms with Crippen molar-refractivity contribution in [2.75, 3.05) is 21.2 Å². The van der Waals surface area contributed by atoms with Crippen LogP contribution in [0.2, 0.25) is 0 Å². The van der Waals surface area contributed by atoms with Crippen molar-refractivity contribution < 1.29 is 14.3 Å². The Morgan fingerprint density at radius 2 is 1.65 bits per heavy atom. The maximum atomic E-state index is 11.7. The molecule has 0 radical (unpaired) electrons. The molecule has 1 aromatic carbocycles. The van der Waals surface area contributed by atoms with Gasteiger partial charge in [-0.2, -0.15) is 0 Å². The minimum Gasteiger partial charge on any atom is -0.465 e. The van der Waals surface area contributed by atoms with Gasteiger partial charge in [-0.1, -0.05) is 12.1 Å². The molecule has 17 heavy (non-hydrogen) atoms. The summed E-state index contributed by atoms with van der Waals surface area (Å²) in [4.78, 5) is 24.6. The molecule has 4 nitrogen and oxygen atoms in total. The first-order valence-electron chi connectivity index (χ1n) is 5.12. The van der Waals surface area contributed by atoms with Crippen LogP contribution in [0.4, 0.5) is 0 Å². The van der Waals surface area contributed by atoms with Crippen LogP contribution in [-0.4, -0.2) is 37.9 Å². The molecule has 0 fully saturated rings. The summed E-state index contributed by atoms with van der Waals surface area (Å²) in [5, 5.41) is 0. The zero-order valence-corrected chi connectivity index (χ0v) is 10.1. The van der Waals surface area contributed by atoms with E-state index in [1.54, 1.807) is 35.4 Å². The Kier molecular flexibility index (Phi) is 4.46. The highest BCUT2D eigenvalue weighted by atomic mass is 16.5. The van der Waals surface area contributed by atoms with Crippen molar-refractivity contribution in [1.82, 2.24) is 4.90 Å². The molecule has 0 aromatic heterocycles. The first-order valence-corrected chi connectivity index (χ1v) is 5.12. The van der Waals surface area contributed by atoms with Gasteiger partial charge in [-0.25, -0.2) is 4.79 Å². The lowest BCUT2D eigenvalue weighted by atomic mass is 10.1.